The zero-order valence-electron chi connectivity index (χ0n) is 8.24. The topological polar surface area (TPSA) is 29.5 Å². The quantitative estimate of drug-likeness (QED) is 0.736. The lowest BCUT2D eigenvalue weighted by Gasteiger charge is -2.07. The number of benzene rings is 1. The van der Waals surface area contributed by atoms with Crippen LogP contribution in [-0.2, 0) is 0 Å². The maximum absolute atomic E-state index is 13.0. The van der Waals surface area contributed by atoms with Crippen LogP contribution in [0.5, 0.6) is 5.75 Å². The molecule has 1 unspecified atom stereocenters. The Morgan fingerprint density at radius 3 is 2.79 bits per heavy atom. The van der Waals surface area contributed by atoms with E-state index in [4.69, 9.17) is 9.84 Å². The summed E-state index contributed by atoms with van der Waals surface area (Å²) in [5.74, 6) is -0.0670. The zero-order valence-corrected chi connectivity index (χ0v) is 8.24. The van der Waals surface area contributed by atoms with Crippen LogP contribution < -0.4 is 4.74 Å². The Morgan fingerprint density at radius 1 is 1.43 bits per heavy atom. The van der Waals surface area contributed by atoms with E-state index in [1.165, 1.54) is 6.07 Å². The Labute approximate surface area is 83.3 Å². The van der Waals surface area contributed by atoms with Crippen LogP contribution in [0.15, 0.2) is 24.3 Å². The first-order chi connectivity index (χ1) is 6.70. The number of hydrogen-bond acceptors (Lipinski definition) is 2. The molecule has 0 saturated carbocycles. The highest BCUT2D eigenvalue weighted by Gasteiger charge is 2.01. The van der Waals surface area contributed by atoms with Crippen LogP contribution in [-0.4, -0.2) is 17.8 Å². The second-order valence-electron chi connectivity index (χ2n) is 3.27. The molecule has 2 nitrogen and oxygen atoms in total. The second-order valence-corrected chi connectivity index (χ2v) is 3.27. The van der Waals surface area contributed by atoms with E-state index in [1.54, 1.807) is 25.1 Å². The molecule has 1 atom stereocenters. The molecule has 0 spiro atoms. The summed E-state index contributed by atoms with van der Waals surface area (Å²) in [7, 11) is 0. The van der Waals surface area contributed by atoms with E-state index in [-0.39, 0.29) is 17.7 Å². The molecule has 0 aliphatic rings. The molecule has 0 aliphatic carbocycles. The molecular weight excluding hydrogens is 183 g/mol. The Hall–Kier alpha value is -1.09. The maximum atomic E-state index is 13.0. The van der Waals surface area contributed by atoms with Crippen molar-refractivity contribution in [3.63, 3.8) is 0 Å². The summed E-state index contributed by atoms with van der Waals surface area (Å²) in [6.07, 6.45) is 1.08. The van der Waals surface area contributed by atoms with Crippen LogP contribution in [0.25, 0.3) is 0 Å². The largest absolute Gasteiger partial charge is 0.491 e. The molecule has 1 rings (SSSR count). The third-order valence-electron chi connectivity index (χ3n) is 1.86. The zero-order chi connectivity index (χ0) is 10.4. The fourth-order valence-corrected chi connectivity index (χ4v) is 1.12. The maximum Gasteiger partial charge on any atom is 0.165 e. The summed E-state index contributed by atoms with van der Waals surface area (Å²) in [6, 6.07) is 6.31. The van der Waals surface area contributed by atoms with E-state index in [0.717, 1.165) is 6.42 Å². The van der Waals surface area contributed by atoms with Crippen molar-refractivity contribution >= 4 is 0 Å². The summed E-state index contributed by atoms with van der Waals surface area (Å²) in [4.78, 5) is 0. The van der Waals surface area contributed by atoms with Crippen LogP contribution in [0.2, 0.25) is 0 Å². The summed E-state index contributed by atoms with van der Waals surface area (Å²) in [6.45, 7) is 2.16. The van der Waals surface area contributed by atoms with Gasteiger partial charge in [-0.25, -0.2) is 4.39 Å². The predicted octanol–water partition coefficient (Wildman–Crippen LogP) is 2.37. The van der Waals surface area contributed by atoms with Gasteiger partial charge in [-0.2, -0.15) is 0 Å². The SMILES string of the molecule is CC(O)CCCOc1ccccc1F. The van der Waals surface area contributed by atoms with Gasteiger partial charge in [0.1, 0.15) is 0 Å². The molecule has 0 radical (unpaired) electrons. The average Bonchev–Trinajstić information content (AvgIpc) is 2.15. The van der Waals surface area contributed by atoms with Crippen molar-refractivity contribution in [3.8, 4) is 5.75 Å². The molecule has 0 aliphatic heterocycles. The van der Waals surface area contributed by atoms with Crippen molar-refractivity contribution in [3.05, 3.63) is 30.1 Å². The van der Waals surface area contributed by atoms with Crippen molar-refractivity contribution in [2.75, 3.05) is 6.61 Å². The third kappa shape index (κ3) is 3.75. The molecule has 0 aromatic heterocycles. The van der Waals surface area contributed by atoms with Crippen LogP contribution >= 0.6 is 0 Å². The normalized spacial score (nSPS) is 12.5. The number of halogens is 1. The fourth-order valence-electron chi connectivity index (χ4n) is 1.12. The molecule has 1 N–H and O–H groups in total. The Kier molecular flexibility index (Phi) is 4.40. The van der Waals surface area contributed by atoms with Crippen molar-refractivity contribution in [2.45, 2.75) is 25.9 Å². The van der Waals surface area contributed by atoms with Gasteiger partial charge in [-0.05, 0) is 31.9 Å². The van der Waals surface area contributed by atoms with Gasteiger partial charge in [-0.1, -0.05) is 12.1 Å². The van der Waals surface area contributed by atoms with Crippen LogP contribution in [0.3, 0.4) is 0 Å². The van der Waals surface area contributed by atoms with Gasteiger partial charge in [0.15, 0.2) is 11.6 Å². The minimum absolute atomic E-state index is 0.276. The molecule has 0 heterocycles. The number of hydrogen-bond donors (Lipinski definition) is 1. The van der Waals surface area contributed by atoms with E-state index in [0.29, 0.717) is 13.0 Å². The Balaban J connectivity index is 2.28. The van der Waals surface area contributed by atoms with Gasteiger partial charge in [0.05, 0.1) is 12.7 Å². The lowest BCUT2D eigenvalue weighted by Crippen LogP contribution is -2.04. The van der Waals surface area contributed by atoms with E-state index in [1.807, 2.05) is 0 Å². The number of para-hydroxylation sites is 1. The highest BCUT2D eigenvalue weighted by molar-refractivity contribution is 5.23. The van der Waals surface area contributed by atoms with E-state index in [2.05, 4.69) is 0 Å². The van der Waals surface area contributed by atoms with Crippen LogP contribution in [0, 0.1) is 5.82 Å². The second kappa shape index (κ2) is 5.60. The Morgan fingerprint density at radius 2 is 2.14 bits per heavy atom. The first kappa shape index (κ1) is 11.0. The van der Waals surface area contributed by atoms with E-state index < -0.39 is 0 Å². The number of aliphatic hydroxyl groups is 1. The van der Waals surface area contributed by atoms with Gasteiger partial charge in [0.2, 0.25) is 0 Å². The molecule has 1 aromatic carbocycles. The summed E-state index contributed by atoms with van der Waals surface area (Å²) < 4.78 is 18.2. The monoisotopic (exact) mass is 198 g/mol. The molecule has 0 bridgehead atoms. The van der Waals surface area contributed by atoms with Gasteiger partial charge < -0.3 is 9.84 Å². The fraction of sp³-hybridized carbons (Fsp3) is 0.455. The minimum atomic E-state index is -0.343. The number of rotatable bonds is 5. The molecule has 0 fully saturated rings. The van der Waals surface area contributed by atoms with Crippen molar-refractivity contribution in [1.82, 2.24) is 0 Å². The van der Waals surface area contributed by atoms with Gasteiger partial charge in [-0.15, -0.1) is 0 Å². The summed E-state index contributed by atoms with van der Waals surface area (Å²) in [5.41, 5.74) is 0. The minimum Gasteiger partial charge on any atom is -0.491 e. The van der Waals surface area contributed by atoms with E-state index >= 15 is 0 Å². The molecule has 0 amide bonds. The molecular formula is C11H15FO2. The predicted molar refractivity (Wildman–Crippen MR) is 52.8 cm³/mol. The summed E-state index contributed by atoms with van der Waals surface area (Å²) in [5, 5.41) is 8.97. The van der Waals surface area contributed by atoms with E-state index in [9.17, 15) is 4.39 Å². The van der Waals surface area contributed by atoms with Crippen LogP contribution in [0.1, 0.15) is 19.8 Å². The third-order valence-corrected chi connectivity index (χ3v) is 1.86. The van der Waals surface area contributed by atoms with Crippen molar-refractivity contribution in [1.29, 1.82) is 0 Å². The molecule has 0 saturated heterocycles. The van der Waals surface area contributed by atoms with Gasteiger partial charge >= 0.3 is 0 Å². The van der Waals surface area contributed by atoms with Gasteiger partial charge in [-0.3, -0.25) is 0 Å². The molecule has 3 heteroatoms. The standard InChI is InChI=1S/C11H15FO2/c1-9(13)5-4-8-14-11-7-3-2-6-10(11)12/h2-3,6-7,9,13H,4-5,8H2,1H3. The molecule has 1 aromatic rings. The first-order valence-electron chi connectivity index (χ1n) is 4.75. The van der Waals surface area contributed by atoms with Gasteiger partial charge in [0, 0.05) is 0 Å². The smallest absolute Gasteiger partial charge is 0.165 e. The van der Waals surface area contributed by atoms with Gasteiger partial charge in [0.25, 0.3) is 0 Å². The number of ether oxygens (including phenoxy) is 1. The van der Waals surface area contributed by atoms with Crippen molar-refractivity contribution < 1.29 is 14.2 Å². The first-order valence-corrected chi connectivity index (χ1v) is 4.75. The van der Waals surface area contributed by atoms with Crippen LogP contribution in [0.4, 0.5) is 4.39 Å². The Bertz CT molecular complexity index is 274. The van der Waals surface area contributed by atoms with Crippen molar-refractivity contribution in [2.24, 2.45) is 0 Å². The highest BCUT2D eigenvalue weighted by Crippen LogP contribution is 2.15. The highest BCUT2D eigenvalue weighted by atomic mass is 19.1. The average molecular weight is 198 g/mol. The number of aliphatic hydroxyl groups excluding tert-OH is 1. The molecule has 14 heavy (non-hydrogen) atoms. The lowest BCUT2D eigenvalue weighted by atomic mass is 10.2. The summed E-state index contributed by atoms with van der Waals surface area (Å²) >= 11 is 0. The lowest BCUT2D eigenvalue weighted by molar-refractivity contribution is 0.169. The molecule has 78 valence electrons.